The van der Waals surface area contributed by atoms with Gasteiger partial charge < -0.3 is 10.2 Å². The maximum atomic E-state index is 11.1. The first kappa shape index (κ1) is 15.7. The first-order chi connectivity index (χ1) is 10.6. The van der Waals surface area contributed by atoms with Gasteiger partial charge in [0.05, 0.1) is 17.9 Å². The summed E-state index contributed by atoms with van der Waals surface area (Å²) < 4.78 is 0. The van der Waals surface area contributed by atoms with Crippen molar-refractivity contribution < 1.29 is 10.2 Å². The molecule has 22 heavy (non-hydrogen) atoms. The zero-order valence-corrected chi connectivity index (χ0v) is 13.8. The molecule has 0 spiro atoms. The van der Waals surface area contributed by atoms with E-state index in [1.54, 1.807) is 0 Å². The van der Waals surface area contributed by atoms with Gasteiger partial charge in [-0.2, -0.15) is 0 Å². The Kier molecular flexibility index (Phi) is 4.41. The molecule has 0 bridgehead atoms. The standard InChI is InChI=1S/C16H17ClN2O2S/c1-22-15-18-13(11(9-20)14(17)19-15)8-16(21)7-6-10-4-2-3-5-12(10)16/h2-5,20-21H,6-9H2,1H3. The minimum Gasteiger partial charge on any atom is -0.391 e. The van der Waals surface area contributed by atoms with Gasteiger partial charge in [0.2, 0.25) is 0 Å². The van der Waals surface area contributed by atoms with E-state index in [0.717, 1.165) is 12.0 Å². The van der Waals surface area contributed by atoms with Crippen LogP contribution in [-0.2, 0) is 25.0 Å². The van der Waals surface area contributed by atoms with Crippen molar-refractivity contribution in [3.8, 4) is 0 Å². The molecule has 2 aromatic rings. The molecule has 1 aromatic heterocycles. The fourth-order valence-electron chi connectivity index (χ4n) is 3.00. The average Bonchev–Trinajstić information content (AvgIpc) is 2.85. The number of aliphatic hydroxyl groups excluding tert-OH is 1. The SMILES string of the molecule is CSc1nc(Cl)c(CO)c(CC2(O)CCc3ccccc32)n1. The molecule has 1 aliphatic carbocycles. The van der Waals surface area contributed by atoms with E-state index in [2.05, 4.69) is 9.97 Å². The Bertz CT molecular complexity index is 711. The summed E-state index contributed by atoms with van der Waals surface area (Å²) in [5.41, 5.74) is 2.26. The third kappa shape index (κ3) is 2.74. The van der Waals surface area contributed by atoms with E-state index in [1.165, 1.54) is 17.3 Å². The van der Waals surface area contributed by atoms with E-state index in [0.29, 0.717) is 29.3 Å². The highest BCUT2D eigenvalue weighted by molar-refractivity contribution is 7.98. The molecule has 0 aliphatic heterocycles. The molecule has 2 N–H and O–H groups in total. The highest BCUT2D eigenvalue weighted by Crippen LogP contribution is 2.40. The molecule has 6 heteroatoms. The van der Waals surface area contributed by atoms with Crippen LogP contribution in [0.5, 0.6) is 0 Å². The van der Waals surface area contributed by atoms with Crippen LogP contribution in [0.3, 0.4) is 0 Å². The number of aliphatic hydroxyl groups is 2. The summed E-state index contributed by atoms with van der Waals surface area (Å²) in [4.78, 5) is 8.59. The van der Waals surface area contributed by atoms with Crippen LogP contribution >= 0.6 is 23.4 Å². The number of hydrogen-bond acceptors (Lipinski definition) is 5. The number of hydrogen-bond donors (Lipinski definition) is 2. The van der Waals surface area contributed by atoms with Crippen LogP contribution in [0.25, 0.3) is 0 Å². The van der Waals surface area contributed by atoms with Gasteiger partial charge in [-0.05, 0) is 30.2 Å². The summed E-state index contributed by atoms with van der Waals surface area (Å²) in [6, 6.07) is 7.92. The second kappa shape index (κ2) is 6.16. The molecule has 0 fully saturated rings. The molecule has 1 heterocycles. The quantitative estimate of drug-likeness (QED) is 0.510. The topological polar surface area (TPSA) is 66.2 Å². The Balaban J connectivity index is 2.02. The van der Waals surface area contributed by atoms with Gasteiger partial charge in [-0.25, -0.2) is 9.97 Å². The van der Waals surface area contributed by atoms with Gasteiger partial charge in [-0.3, -0.25) is 0 Å². The number of aromatic nitrogens is 2. The van der Waals surface area contributed by atoms with E-state index in [4.69, 9.17) is 11.6 Å². The molecular formula is C16H17ClN2O2S. The Labute approximate surface area is 138 Å². The van der Waals surface area contributed by atoms with Gasteiger partial charge in [-0.15, -0.1) is 0 Å². The van der Waals surface area contributed by atoms with E-state index in [9.17, 15) is 10.2 Å². The monoisotopic (exact) mass is 336 g/mol. The molecule has 0 saturated carbocycles. The van der Waals surface area contributed by atoms with Gasteiger partial charge >= 0.3 is 0 Å². The molecule has 0 radical (unpaired) electrons. The van der Waals surface area contributed by atoms with E-state index >= 15 is 0 Å². The number of benzene rings is 1. The van der Waals surface area contributed by atoms with Crippen molar-refractivity contribution in [3.05, 3.63) is 51.8 Å². The highest BCUT2D eigenvalue weighted by atomic mass is 35.5. The van der Waals surface area contributed by atoms with Crippen LogP contribution < -0.4 is 0 Å². The first-order valence-corrected chi connectivity index (χ1v) is 8.68. The number of fused-ring (bicyclic) bond motifs is 1. The molecule has 1 aliphatic rings. The number of halogens is 1. The van der Waals surface area contributed by atoms with Gasteiger partial charge in [0, 0.05) is 12.0 Å². The lowest BCUT2D eigenvalue weighted by Crippen LogP contribution is -2.27. The van der Waals surface area contributed by atoms with Crippen LogP contribution in [0.15, 0.2) is 29.4 Å². The summed E-state index contributed by atoms with van der Waals surface area (Å²) in [6.07, 6.45) is 3.69. The molecule has 1 unspecified atom stereocenters. The largest absolute Gasteiger partial charge is 0.391 e. The Morgan fingerprint density at radius 3 is 2.82 bits per heavy atom. The van der Waals surface area contributed by atoms with Crippen LogP contribution in [0.4, 0.5) is 0 Å². The first-order valence-electron chi connectivity index (χ1n) is 7.08. The Morgan fingerprint density at radius 1 is 1.32 bits per heavy atom. The van der Waals surface area contributed by atoms with Crippen molar-refractivity contribution in [1.29, 1.82) is 0 Å². The minimum atomic E-state index is -0.964. The van der Waals surface area contributed by atoms with Gasteiger partial charge in [0.25, 0.3) is 0 Å². The second-order valence-corrected chi connectivity index (χ2v) is 6.58. The van der Waals surface area contributed by atoms with Crippen molar-refractivity contribution in [2.45, 2.75) is 36.6 Å². The summed E-state index contributed by atoms with van der Waals surface area (Å²) >= 11 is 7.53. The van der Waals surface area contributed by atoms with Crippen LogP contribution in [0.1, 0.15) is 28.8 Å². The summed E-state index contributed by atoms with van der Waals surface area (Å²) in [7, 11) is 0. The number of aryl methyl sites for hydroxylation is 1. The maximum Gasteiger partial charge on any atom is 0.188 e. The lowest BCUT2D eigenvalue weighted by atomic mass is 9.89. The maximum absolute atomic E-state index is 11.1. The predicted octanol–water partition coefficient (Wildman–Crippen LogP) is 2.72. The smallest absolute Gasteiger partial charge is 0.188 e. The highest BCUT2D eigenvalue weighted by Gasteiger charge is 2.37. The number of rotatable bonds is 4. The Morgan fingerprint density at radius 2 is 2.09 bits per heavy atom. The molecule has 116 valence electrons. The predicted molar refractivity (Wildman–Crippen MR) is 87.1 cm³/mol. The third-order valence-electron chi connectivity index (χ3n) is 4.15. The molecular weight excluding hydrogens is 320 g/mol. The van der Waals surface area contributed by atoms with Gasteiger partial charge in [-0.1, -0.05) is 47.6 Å². The molecule has 0 amide bonds. The van der Waals surface area contributed by atoms with Gasteiger partial charge in [0.15, 0.2) is 5.16 Å². The van der Waals surface area contributed by atoms with E-state index in [1.807, 2.05) is 30.5 Å². The van der Waals surface area contributed by atoms with Crippen molar-refractivity contribution in [2.24, 2.45) is 0 Å². The Hall–Kier alpha value is -1.14. The van der Waals surface area contributed by atoms with E-state index in [-0.39, 0.29) is 11.8 Å². The van der Waals surface area contributed by atoms with Crippen LogP contribution in [0.2, 0.25) is 5.15 Å². The molecule has 4 nitrogen and oxygen atoms in total. The summed E-state index contributed by atoms with van der Waals surface area (Å²) in [5.74, 6) is 0. The number of thioether (sulfide) groups is 1. The fourth-order valence-corrected chi connectivity index (χ4v) is 3.68. The fraction of sp³-hybridized carbons (Fsp3) is 0.375. The zero-order chi connectivity index (χ0) is 15.7. The summed E-state index contributed by atoms with van der Waals surface area (Å²) in [6.45, 7) is -0.236. The van der Waals surface area contributed by atoms with Crippen LogP contribution in [-0.4, -0.2) is 26.4 Å². The normalized spacial score (nSPS) is 20.2. The third-order valence-corrected chi connectivity index (χ3v) is 5.01. The van der Waals surface area contributed by atoms with Crippen molar-refractivity contribution in [2.75, 3.05) is 6.26 Å². The zero-order valence-electron chi connectivity index (χ0n) is 12.2. The average molecular weight is 337 g/mol. The van der Waals surface area contributed by atoms with Crippen molar-refractivity contribution in [3.63, 3.8) is 0 Å². The minimum absolute atomic E-state index is 0.236. The summed E-state index contributed by atoms with van der Waals surface area (Å²) in [5, 5.41) is 21.4. The van der Waals surface area contributed by atoms with Crippen molar-refractivity contribution >= 4 is 23.4 Å². The second-order valence-electron chi connectivity index (χ2n) is 5.45. The van der Waals surface area contributed by atoms with Gasteiger partial charge in [0.1, 0.15) is 5.15 Å². The molecule has 1 atom stereocenters. The molecule has 1 aromatic carbocycles. The van der Waals surface area contributed by atoms with Crippen LogP contribution in [0, 0.1) is 0 Å². The van der Waals surface area contributed by atoms with E-state index < -0.39 is 5.60 Å². The number of nitrogens with zero attached hydrogens (tertiary/aromatic N) is 2. The lowest BCUT2D eigenvalue weighted by Gasteiger charge is -2.25. The lowest BCUT2D eigenvalue weighted by molar-refractivity contribution is 0.0373. The molecule has 3 rings (SSSR count). The van der Waals surface area contributed by atoms with Crippen molar-refractivity contribution in [1.82, 2.24) is 9.97 Å². The molecule has 0 saturated heterocycles.